The molecule has 126 valence electrons. The summed E-state index contributed by atoms with van der Waals surface area (Å²) >= 11 is 0. The number of rotatable bonds is 4. The van der Waals surface area contributed by atoms with Crippen molar-refractivity contribution in [3.63, 3.8) is 0 Å². The second kappa shape index (κ2) is 6.33. The number of pyridine rings is 1. The number of aromatic nitrogens is 1. The molecule has 0 spiro atoms. The predicted molar refractivity (Wildman–Crippen MR) is 90.1 cm³/mol. The van der Waals surface area contributed by atoms with Gasteiger partial charge in [0, 0.05) is 17.6 Å². The number of nitrogens with one attached hydrogen (secondary N) is 1. The molecule has 0 radical (unpaired) electrons. The number of sulfonamides is 1. The predicted octanol–water partition coefficient (Wildman–Crippen LogP) is 2.24. The lowest BCUT2D eigenvalue weighted by Gasteiger charge is -2.23. The molecule has 2 atom stereocenters. The number of aryl methyl sites for hydroxylation is 1. The minimum Gasteiger partial charge on any atom is -0.481 e. The molecule has 0 unspecified atom stereocenters. The number of carboxylic acids is 1. The molecule has 0 bridgehead atoms. The number of fused-ring (bicyclic) bond motifs is 1. The van der Waals surface area contributed by atoms with Gasteiger partial charge in [-0.25, -0.2) is 13.1 Å². The van der Waals surface area contributed by atoms with Gasteiger partial charge in [0.25, 0.3) is 0 Å². The zero-order valence-corrected chi connectivity index (χ0v) is 14.0. The highest BCUT2D eigenvalue weighted by molar-refractivity contribution is 7.89. The Bertz CT molecular complexity index is 921. The van der Waals surface area contributed by atoms with E-state index in [0.717, 1.165) is 10.9 Å². The first kappa shape index (κ1) is 16.6. The number of carboxylic acid groups (broad SMARTS) is 1. The van der Waals surface area contributed by atoms with Gasteiger partial charge in [0.1, 0.15) is 4.90 Å². The molecule has 1 heterocycles. The van der Waals surface area contributed by atoms with Gasteiger partial charge < -0.3 is 5.11 Å². The fraction of sp³-hybridized carbons (Fsp3) is 0.294. The molecule has 1 aliphatic carbocycles. The molecule has 24 heavy (non-hydrogen) atoms. The summed E-state index contributed by atoms with van der Waals surface area (Å²) in [5, 5.41) is 9.88. The maximum Gasteiger partial charge on any atom is 0.306 e. The number of hydrogen-bond donors (Lipinski definition) is 2. The van der Waals surface area contributed by atoms with E-state index in [2.05, 4.69) is 9.71 Å². The van der Waals surface area contributed by atoms with Crippen molar-refractivity contribution < 1.29 is 18.3 Å². The van der Waals surface area contributed by atoms with Crippen LogP contribution < -0.4 is 4.72 Å². The highest BCUT2D eigenvalue weighted by Gasteiger charge is 2.28. The van der Waals surface area contributed by atoms with Crippen molar-refractivity contribution >= 4 is 26.9 Å². The fourth-order valence-electron chi connectivity index (χ4n) is 2.95. The Hall–Kier alpha value is -2.25. The first-order valence-electron chi connectivity index (χ1n) is 7.64. The molecule has 0 saturated carbocycles. The Morgan fingerprint density at radius 1 is 1.38 bits per heavy atom. The quantitative estimate of drug-likeness (QED) is 0.828. The van der Waals surface area contributed by atoms with Crippen LogP contribution in [0, 0.1) is 12.8 Å². The van der Waals surface area contributed by atoms with E-state index < -0.39 is 28.0 Å². The van der Waals surface area contributed by atoms with Crippen LogP contribution >= 0.6 is 0 Å². The van der Waals surface area contributed by atoms with Crippen LogP contribution in [0.4, 0.5) is 0 Å². The lowest BCUT2D eigenvalue weighted by molar-refractivity contribution is -0.142. The lowest BCUT2D eigenvalue weighted by atomic mass is 9.92. The SMILES string of the molecule is Cc1cc(S(=O)(=O)N[C@H]2C=CC[C@H](C(=O)O)C2)c2ncccc2c1. The number of allylic oxidation sites excluding steroid dienone is 1. The second-order valence-electron chi connectivity index (χ2n) is 6.00. The van der Waals surface area contributed by atoms with Gasteiger partial charge in [0.15, 0.2) is 0 Å². The van der Waals surface area contributed by atoms with E-state index in [-0.39, 0.29) is 11.3 Å². The largest absolute Gasteiger partial charge is 0.481 e. The highest BCUT2D eigenvalue weighted by Crippen LogP contribution is 2.25. The maximum atomic E-state index is 12.8. The van der Waals surface area contributed by atoms with Gasteiger partial charge in [-0.05, 0) is 43.5 Å². The Labute approximate surface area is 140 Å². The maximum absolute atomic E-state index is 12.8. The van der Waals surface area contributed by atoms with Crippen molar-refractivity contribution in [3.05, 3.63) is 48.2 Å². The molecule has 1 aromatic carbocycles. The summed E-state index contributed by atoms with van der Waals surface area (Å²) in [7, 11) is -3.81. The molecule has 6 nitrogen and oxygen atoms in total. The van der Waals surface area contributed by atoms with Crippen molar-refractivity contribution in [3.8, 4) is 0 Å². The number of aliphatic carboxylic acids is 1. The van der Waals surface area contributed by atoms with Gasteiger partial charge in [-0.2, -0.15) is 0 Å². The van der Waals surface area contributed by atoms with Gasteiger partial charge in [-0.3, -0.25) is 9.78 Å². The molecule has 0 aliphatic heterocycles. The third-order valence-electron chi connectivity index (χ3n) is 4.09. The average Bonchev–Trinajstić information content (AvgIpc) is 2.53. The zero-order chi connectivity index (χ0) is 17.3. The van der Waals surface area contributed by atoms with Crippen molar-refractivity contribution in [2.24, 2.45) is 5.92 Å². The van der Waals surface area contributed by atoms with E-state index >= 15 is 0 Å². The second-order valence-corrected chi connectivity index (χ2v) is 7.68. The Balaban J connectivity index is 1.96. The highest BCUT2D eigenvalue weighted by atomic mass is 32.2. The normalized spacial score (nSPS) is 21.0. The van der Waals surface area contributed by atoms with Gasteiger partial charge in [-0.1, -0.05) is 18.2 Å². The summed E-state index contributed by atoms with van der Waals surface area (Å²) in [6.45, 7) is 1.83. The standard InChI is InChI=1S/C17H18N2O4S/c1-11-8-12-5-3-7-18-16(12)15(9-11)24(22,23)19-14-6-2-4-13(10-14)17(20)21/h2-3,5-9,13-14,19H,4,10H2,1H3,(H,20,21)/t13-,14-/m0/s1. The van der Waals surface area contributed by atoms with Crippen molar-refractivity contribution in [1.82, 2.24) is 9.71 Å². The van der Waals surface area contributed by atoms with E-state index in [1.54, 1.807) is 30.5 Å². The minimum absolute atomic E-state index is 0.115. The van der Waals surface area contributed by atoms with Crippen LogP contribution in [0.1, 0.15) is 18.4 Å². The molecular weight excluding hydrogens is 328 g/mol. The zero-order valence-electron chi connectivity index (χ0n) is 13.1. The Morgan fingerprint density at radius 3 is 2.92 bits per heavy atom. The molecule has 2 N–H and O–H groups in total. The molecular formula is C17H18N2O4S. The van der Waals surface area contributed by atoms with Gasteiger partial charge >= 0.3 is 5.97 Å². The topological polar surface area (TPSA) is 96.4 Å². The summed E-state index contributed by atoms with van der Waals surface area (Å²) in [6, 6.07) is 6.49. The molecule has 7 heteroatoms. The molecule has 1 aromatic heterocycles. The van der Waals surface area contributed by atoms with Crippen LogP contribution in [0.15, 0.2) is 47.5 Å². The van der Waals surface area contributed by atoms with E-state index in [9.17, 15) is 13.2 Å². The average molecular weight is 346 g/mol. The van der Waals surface area contributed by atoms with Crippen molar-refractivity contribution in [1.29, 1.82) is 0 Å². The van der Waals surface area contributed by atoms with Crippen LogP contribution in [-0.2, 0) is 14.8 Å². The van der Waals surface area contributed by atoms with Gasteiger partial charge in [-0.15, -0.1) is 0 Å². The molecule has 1 aliphatic rings. The monoisotopic (exact) mass is 346 g/mol. The van der Waals surface area contributed by atoms with Crippen molar-refractivity contribution in [2.75, 3.05) is 0 Å². The molecule has 0 fully saturated rings. The van der Waals surface area contributed by atoms with Crippen LogP contribution in [0.3, 0.4) is 0 Å². The van der Waals surface area contributed by atoms with Crippen molar-refractivity contribution in [2.45, 2.75) is 30.7 Å². The van der Waals surface area contributed by atoms with Gasteiger partial charge in [0.05, 0.1) is 11.4 Å². The smallest absolute Gasteiger partial charge is 0.306 e. The number of benzene rings is 1. The number of carbonyl (C=O) groups is 1. The number of hydrogen-bond acceptors (Lipinski definition) is 4. The minimum atomic E-state index is -3.81. The van der Waals surface area contributed by atoms with Gasteiger partial charge in [0.2, 0.25) is 10.0 Å². The molecule has 2 aromatic rings. The van der Waals surface area contributed by atoms with Crippen LogP contribution in [0.2, 0.25) is 0 Å². The first-order chi connectivity index (χ1) is 11.4. The van der Waals surface area contributed by atoms with Crippen LogP contribution in [0.5, 0.6) is 0 Å². The van der Waals surface area contributed by atoms with E-state index in [1.807, 2.05) is 19.1 Å². The Morgan fingerprint density at radius 2 is 2.17 bits per heavy atom. The molecule has 0 saturated heterocycles. The van der Waals surface area contributed by atoms with E-state index in [0.29, 0.717) is 11.9 Å². The van der Waals surface area contributed by atoms with E-state index in [4.69, 9.17) is 5.11 Å². The van der Waals surface area contributed by atoms with Crippen LogP contribution in [-0.4, -0.2) is 30.5 Å². The summed E-state index contributed by atoms with van der Waals surface area (Å²) in [5.41, 5.74) is 1.23. The third kappa shape index (κ3) is 3.32. The number of nitrogens with zero attached hydrogens (tertiary/aromatic N) is 1. The fourth-order valence-corrected chi connectivity index (χ4v) is 4.41. The Kier molecular flexibility index (Phi) is 4.38. The van der Waals surface area contributed by atoms with Crippen LogP contribution in [0.25, 0.3) is 10.9 Å². The summed E-state index contributed by atoms with van der Waals surface area (Å²) in [5.74, 6) is -1.48. The first-order valence-corrected chi connectivity index (χ1v) is 9.12. The molecule has 0 amide bonds. The third-order valence-corrected chi connectivity index (χ3v) is 5.59. The summed E-state index contributed by atoms with van der Waals surface area (Å²) in [6.07, 6.45) is 5.63. The summed E-state index contributed by atoms with van der Waals surface area (Å²) in [4.78, 5) is 15.4. The summed E-state index contributed by atoms with van der Waals surface area (Å²) < 4.78 is 28.2. The lowest BCUT2D eigenvalue weighted by Crippen LogP contribution is -2.37. The molecule has 3 rings (SSSR count). The van der Waals surface area contributed by atoms with E-state index in [1.165, 1.54) is 0 Å².